The van der Waals surface area contributed by atoms with Gasteiger partial charge in [0.25, 0.3) is 0 Å². The number of esters is 3. The van der Waals surface area contributed by atoms with Gasteiger partial charge < -0.3 is 39.4 Å². The van der Waals surface area contributed by atoms with Crippen molar-refractivity contribution in [2.24, 2.45) is 16.2 Å². The number of hydrogen-bond donors (Lipinski definition) is 4. The molecular weight excluding hydrogens is 668 g/mol. The molecule has 0 aromatic carbocycles. The van der Waals surface area contributed by atoms with Crippen LogP contribution in [0.25, 0.3) is 0 Å². The second kappa shape index (κ2) is 25.3. The zero-order valence-corrected chi connectivity index (χ0v) is 32.7. The average Bonchev–Trinajstić information content (AvgIpc) is 3.00. The number of aliphatic hydroxyl groups is 1. The number of hydrogen-bond acceptors (Lipinski definition) is 11. The number of carbonyl (C=O) groups excluding carboxylic acids is 3. The molecular formula is C37H64O14. The van der Waals surface area contributed by atoms with E-state index in [1.807, 2.05) is 20.8 Å². The van der Waals surface area contributed by atoms with Crippen LogP contribution in [0.3, 0.4) is 0 Å². The summed E-state index contributed by atoms with van der Waals surface area (Å²) in [5.41, 5.74) is -1.75. The zero-order chi connectivity index (χ0) is 40.8. The van der Waals surface area contributed by atoms with Gasteiger partial charge in [0.1, 0.15) is 6.10 Å². The number of ether oxygens (including phenoxy) is 4. The Morgan fingerprint density at radius 3 is 1.12 bits per heavy atom. The fourth-order valence-electron chi connectivity index (χ4n) is 2.89. The highest BCUT2D eigenvalue weighted by Crippen LogP contribution is 2.28. The third-order valence-electron chi connectivity index (χ3n) is 6.59. The van der Waals surface area contributed by atoms with Gasteiger partial charge in [0.2, 0.25) is 12.4 Å². The van der Waals surface area contributed by atoms with Gasteiger partial charge in [-0.05, 0) is 81.6 Å². The summed E-state index contributed by atoms with van der Waals surface area (Å²) in [4.78, 5) is 66.7. The van der Waals surface area contributed by atoms with Crippen molar-refractivity contribution in [3.8, 4) is 12.3 Å². The highest BCUT2D eigenvalue weighted by Gasteiger charge is 2.51. The standard InChI is InChI=1S/C22H34O8.3C5H10O2/c1-5-9-12-16(23)28-20-19(26)15(8-4)27-22(30-18(25)14-11-7-3)21(20)29-17(24)13-10-6-2;3*1-5(2,3)4(6)7/h4,15,19-22,26H,5-7,9-14H2,1-3H3;3*1-3H3,(H,6,7)/t15-,19+,20+,21-,22?;;;/m0.../s1. The Morgan fingerprint density at radius 2 is 0.863 bits per heavy atom. The second-order valence-corrected chi connectivity index (χ2v) is 15.0. The molecule has 1 aliphatic rings. The predicted octanol–water partition coefficient (Wildman–Crippen LogP) is 5.99. The monoisotopic (exact) mass is 732 g/mol. The first kappa shape index (κ1) is 51.7. The first-order valence-corrected chi connectivity index (χ1v) is 17.3. The van der Waals surface area contributed by atoms with Gasteiger partial charge in [0.15, 0.2) is 12.2 Å². The van der Waals surface area contributed by atoms with Crippen molar-refractivity contribution in [2.75, 3.05) is 0 Å². The summed E-state index contributed by atoms with van der Waals surface area (Å²) < 4.78 is 21.7. The summed E-state index contributed by atoms with van der Waals surface area (Å²) in [5, 5.41) is 35.3. The Kier molecular flexibility index (Phi) is 25.6. The van der Waals surface area contributed by atoms with Crippen LogP contribution >= 0.6 is 0 Å². The summed E-state index contributed by atoms with van der Waals surface area (Å²) in [6.45, 7) is 20.7. The van der Waals surface area contributed by atoms with Crippen LogP contribution in [-0.4, -0.2) is 86.9 Å². The molecule has 1 heterocycles. The minimum atomic E-state index is -1.44. The maximum atomic E-state index is 12.3. The minimum absolute atomic E-state index is 0.134. The number of terminal acetylenes is 1. The molecule has 0 aliphatic carbocycles. The number of rotatable bonds is 12. The number of carbonyl (C=O) groups is 6. The molecule has 1 aliphatic heterocycles. The highest BCUT2D eigenvalue weighted by atomic mass is 16.7. The first-order chi connectivity index (χ1) is 23.2. The zero-order valence-electron chi connectivity index (χ0n) is 32.7. The average molecular weight is 733 g/mol. The summed E-state index contributed by atoms with van der Waals surface area (Å²) in [6, 6.07) is 0. The van der Waals surface area contributed by atoms with Gasteiger partial charge in [-0.25, -0.2) is 0 Å². The molecule has 4 N–H and O–H groups in total. The van der Waals surface area contributed by atoms with E-state index < -0.39 is 82.8 Å². The van der Waals surface area contributed by atoms with Gasteiger partial charge in [-0.15, -0.1) is 6.42 Å². The van der Waals surface area contributed by atoms with E-state index in [1.165, 1.54) is 0 Å². The van der Waals surface area contributed by atoms with Gasteiger partial charge in [-0.2, -0.15) is 0 Å². The quantitative estimate of drug-likeness (QED) is 0.103. The van der Waals surface area contributed by atoms with Crippen molar-refractivity contribution >= 4 is 35.8 Å². The SMILES string of the molecule is C#C[C@@H]1OC(OC(=O)CCCC)[C@@H](OC(=O)CCCC)[C@H](OC(=O)CCCC)[C@@H]1O.CC(C)(C)C(=O)O.CC(C)(C)C(=O)O.CC(C)(C)C(=O)O. The fourth-order valence-corrected chi connectivity index (χ4v) is 2.89. The number of carboxylic acids is 3. The lowest BCUT2D eigenvalue weighted by Crippen LogP contribution is -2.61. The Morgan fingerprint density at radius 1 is 0.588 bits per heavy atom. The van der Waals surface area contributed by atoms with E-state index in [0.29, 0.717) is 19.3 Å². The molecule has 1 unspecified atom stereocenters. The Bertz CT molecular complexity index is 1060. The Balaban J connectivity index is -0.000000882. The van der Waals surface area contributed by atoms with Gasteiger partial charge in [0, 0.05) is 19.3 Å². The molecule has 0 radical (unpaired) electrons. The lowest BCUT2D eigenvalue weighted by molar-refractivity contribution is -0.285. The number of aliphatic hydroxyl groups excluding tert-OH is 1. The third kappa shape index (κ3) is 25.0. The maximum absolute atomic E-state index is 12.3. The van der Waals surface area contributed by atoms with Crippen molar-refractivity contribution in [1.29, 1.82) is 0 Å². The van der Waals surface area contributed by atoms with Gasteiger partial charge in [-0.3, -0.25) is 28.8 Å². The molecule has 14 nitrogen and oxygen atoms in total. The predicted molar refractivity (Wildman–Crippen MR) is 189 cm³/mol. The smallest absolute Gasteiger partial charge is 0.308 e. The highest BCUT2D eigenvalue weighted by molar-refractivity contribution is 5.74. The summed E-state index contributed by atoms with van der Waals surface area (Å²) in [5.74, 6) is -1.70. The van der Waals surface area contributed by atoms with E-state index in [2.05, 4.69) is 5.92 Å². The minimum Gasteiger partial charge on any atom is -0.481 e. The topological polar surface area (TPSA) is 220 Å². The maximum Gasteiger partial charge on any atom is 0.308 e. The fraction of sp³-hybridized carbons (Fsp3) is 0.784. The Labute approximate surface area is 303 Å². The summed E-state index contributed by atoms with van der Waals surface area (Å²) >= 11 is 0. The lowest BCUT2D eigenvalue weighted by atomic mass is 9.98. The molecule has 0 aromatic rings. The normalized spacial score (nSPS) is 19.8. The van der Waals surface area contributed by atoms with E-state index in [0.717, 1.165) is 19.3 Å². The summed E-state index contributed by atoms with van der Waals surface area (Å²) in [6.07, 6.45) is 3.40. The third-order valence-corrected chi connectivity index (χ3v) is 6.59. The lowest BCUT2D eigenvalue weighted by Gasteiger charge is -2.41. The molecule has 51 heavy (non-hydrogen) atoms. The van der Waals surface area contributed by atoms with Gasteiger partial charge in [0.05, 0.1) is 16.2 Å². The summed E-state index contributed by atoms with van der Waals surface area (Å²) in [7, 11) is 0. The van der Waals surface area contributed by atoms with Crippen LogP contribution in [-0.2, 0) is 47.7 Å². The molecule has 0 amide bonds. The van der Waals surface area contributed by atoms with Crippen molar-refractivity contribution in [2.45, 2.75) is 172 Å². The largest absolute Gasteiger partial charge is 0.481 e. The molecule has 14 heteroatoms. The number of carboxylic acid groups (broad SMARTS) is 3. The first-order valence-electron chi connectivity index (χ1n) is 17.3. The number of aliphatic carboxylic acids is 3. The number of unbranched alkanes of at least 4 members (excludes halogenated alkanes) is 3. The molecule has 1 rings (SSSR count). The van der Waals surface area contributed by atoms with E-state index in [-0.39, 0.29) is 19.3 Å². The van der Waals surface area contributed by atoms with Crippen molar-refractivity contribution in [3.63, 3.8) is 0 Å². The van der Waals surface area contributed by atoms with E-state index in [4.69, 9.17) is 40.7 Å². The van der Waals surface area contributed by atoms with Crippen LogP contribution < -0.4 is 0 Å². The van der Waals surface area contributed by atoms with Crippen LogP contribution in [0.5, 0.6) is 0 Å². The van der Waals surface area contributed by atoms with Crippen molar-refractivity contribution < 1.29 is 68.1 Å². The van der Waals surface area contributed by atoms with Crippen molar-refractivity contribution in [1.82, 2.24) is 0 Å². The molecule has 1 fully saturated rings. The van der Waals surface area contributed by atoms with Gasteiger partial charge in [-0.1, -0.05) is 46.0 Å². The van der Waals surface area contributed by atoms with Crippen LogP contribution in [0.1, 0.15) is 141 Å². The molecule has 0 aromatic heterocycles. The molecule has 5 atom stereocenters. The van der Waals surface area contributed by atoms with E-state index in [9.17, 15) is 33.9 Å². The molecule has 296 valence electrons. The van der Waals surface area contributed by atoms with E-state index >= 15 is 0 Å². The van der Waals surface area contributed by atoms with Crippen LogP contribution in [0.2, 0.25) is 0 Å². The Hall–Kier alpha value is -3.70. The molecule has 1 saturated heterocycles. The second-order valence-electron chi connectivity index (χ2n) is 15.0. The van der Waals surface area contributed by atoms with Crippen LogP contribution in [0, 0.1) is 28.6 Å². The molecule has 0 bridgehead atoms. The van der Waals surface area contributed by atoms with Gasteiger partial charge >= 0.3 is 35.8 Å². The molecule has 0 spiro atoms. The van der Waals surface area contributed by atoms with Crippen LogP contribution in [0.15, 0.2) is 0 Å². The molecule has 0 saturated carbocycles. The van der Waals surface area contributed by atoms with E-state index in [1.54, 1.807) is 62.3 Å². The van der Waals surface area contributed by atoms with Crippen LogP contribution in [0.4, 0.5) is 0 Å². The van der Waals surface area contributed by atoms with Crippen molar-refractivity contribution in [3.05, 3.63) is 0 Å².